The third-order valence-electron chi connectivity index (χ3n) is 5.68. The molecule has 0 atom stereocenters. The summed E-state index contributed by atoms with van der Waals surface area (Å²) in [6.45, 7) is 0. The molecule has 0 saturated carbocycles. The zero-order valence-corrected chi connectivity index (χ0v) is 19.6. The smallest absolute Gasteiger partial charge is 0.258 e. The van der Waals surface area contributed by atoms with Crippen LogP contribution in [-0.2, 0) is 0 Å². The molecule has 0 aliphatic heterocycles. The van der Waals surface area contributed by atoms with Crippen molar-refractivity contribution in [2.24, 2.45) is 0 Å². The third kappa shape index (κ3) is 5.10. The minimum Gasteiger partial charge on any atom is -0.258 e. The van der Waals surface area contributed by atoms with E-state index in [1.807, 2.05) is 54.6 Å². The van der Waals surface area contributed by atoms with Crippen molar-refractivity contribution in [1.82, 2.24) is 4.72 Å². The van der Waals surface area contributed by atoms with Gasteiger partial charge in [-0.15, -0.1) is 0 Å². The van der Waals surface area contributed by atoms with Crippen molar-refractivity contribution in [2.75, 3.05) is 0 Å². The van der Waals surface area contributed by atoms with Gasteiger partial charge in [0.1, 0.15) is 0 Å². The van der Waals surface area contributed by atoms with Gasteiger partial charge >= 0.3 is 0 Å². The number of nitro groups is 1. The van der Waals surface area contributed by atoms with E-state index in [0.717, 1.165) is 44.0 Å². The molecule has 0 amide bonds. The van der Waals surface area contributed by atoms with Crippen LogP contribution in [0.3, 0.4) is 0 Å². The van der Waals surface area contributed by atoms with Crippen molar-refractivity contribution in [3.05, 3.63) is 138 Å². The van der Waals surface area contributed by atoms with Crippen LogP contribution in [0.4, 0.5) is 11.4 Å². The van der Waals surface area contributed by atoms with Gasteiger partial charge in [0.2, 0.25) is 0 Å². The van der Waals surface area contributed by atoms with Gasteiger partial charge in [0.15, 0.2) is 0 Å². The maximum Gasteiger partial charge on any atom is 0.269 e. The first kappa shape index (κ1) is 22.4. The minimum atomic E-state index is -0.394. The quantitative estimate of drug-likeness (QED) is 0.135. The van der Waals surface area contributed by atoms with Gasteiger partial charge in [-0.05, 0) is 46.5 Å². The molecular formula is C30H21N2O2S. The Morgan fingerprint density at radius 2 is 1.03 bits per heavy atom. The molecule has 0 fully saturated rings. The fourth-order valence-electron chi connectivity index (χ4n) is 3.93. The molecule has 0 aliphatic carbocycles. The molecule has 0 heterocycles. The van der Waals surface area contributed by atoms with E-state index in [2.05, 4.69) is 48.5 Å². The van der Waals surface area contributed by atoms with Gasteiger partial charge in [0.05, 0.1) is 10.6 Å². The number of hydrogen-bond acceptors (Lipinski definition) is 3. The Balaban J connectivity index is 1.65. The Kier molecular flexibility index (Phi) is 6.59. The number of nitro benzene ring substituents is 1. The summed E-state index contributed by atoms with van der Waals surface area (Å²) in [5.41, 5.74) is 7.39. The standard InChI is InChI=1S/C30H21N2O2S/c33-32(34)26-16-18-27(19-17-26)35-31-30-28(23-12-6-2-7-13-23)20-25(22-10-4-1-5-11-22)21-29(30)24-14-8-3-9-15-24/h1-21H. The maximum atomic E-state index is 11.0. The predicted molar refractivity (Wildman–Crippen MR) is 143 cm³/mol. The molecule has 0 N–H and O–H groups in total. The Morgan fingerprint density at radius 1 is 0.571 bits per heavy atom. The molecule has 169 valence electrons. The molecule has 5 heteroatoms. The minimum absolute atomic E-state index is 0.0662. The fourth-order valence-corrected chi connectivity index (χ4v) is 4.58. The second-order valence-corrected chi connectivity index (χ2v) is 8.79. The maximum absolute atomic E-state index is 11.0. The van der Waals surface area contributed by atoms with Crippen LogP contribution >= 0.6 is 11.9 Å². The largest absolute Gasteiger partial charge is 0.269 e. The van der Waals surface area contributed by atoms with E-state index in [9.17, 15) is 10.1 Å². The summed E-state index contributed by atoms with van der Waals surface area (Å²) in [6, 6.07) is 41.7. The number of benzene rings is 5. The lowest BCUT2D eigenvalue weighted by Crippen LogP contribution is -1.96. The van der Waals surface area contributed by atoms with Crippen LogP contribution in [0.5, 0.6) is 0 Å². The lowest BCUT2D eigenvalue weighted by Gasteiger charge is -2.18. The Morgan fingerprint density at radius 3 is 1.49 bits per heavy atom. The molecule has 5 aromatic rings. The van der Waals surface area contributed by atoms with Gasteiger partial charge in [-0.1, -0.05) is 91.0 Å². The lowest BCUT2D eigenvalue weighted by molar-refractivity contribution is -0.384. The van der Waals surface area contributed by atoms with E-state index >= 15 is 0 Å². The average Bonchev–Trinajstić information content (AvgIpc) is 2.93. The van der Waals surface area contributed by atoms with Gasteiger partial charge in [-0.3, -0.25) is 10.1 Å². The average molecular weight is 474 g/mol. The Bertz CT molecular complexity index is 1380. The molecule has 0 spiro atoms. The van der Waals surface area contributed by atoms with Gasteiger partial charge in [-0.25, -0.2) is 4.72 Å². The van der Waals surface area contributed by atoms with Crippen molar-refractivity contribution in [3.63, 3.8) is 0 Å². The van der Waals surface area contributed by atoms with E-state index < -0.39 is 4.92 Å². The summed E-state index contributed by atoms with van der Waals surface area (Å²) in [7, 11) is 0. The summed E-state index contributed by atoms with van der Waals surface area (Å²) < 4.78 is 4.99. The summed E-state index contributed by atoms with van der Waals surface area (Å²) >= 11 is 1.32. The Hall–Kier alpha value is -4.35. The van der Waals surface area contributed by atoms with Gasteiger partial charge in [0.25, 0.3) is 5.69 Å². The molecular weight excluding hydrogens is 452 g/mol. The predicted octanol–water partition coefficient (Wildman–Crippen LogP) is 8.54. The second-order valence-electron chi connectivity index (χ2n) is 7.95. The van der Waals surface area contributed by atoms with E-state index in [4.69, 9.17) is 4.72 Å². The Labute approximate surface area is 208 Å². The molecule has 5 aromatic carbocycles. The molecule has 0 aromatic heterocycles. The molecule has 0 aliphatic rings. The van der Waals surface area contributed by atoms with E-state index in [1.165, 1.54) is 24.1 Å². The first-order chi connectivity index (χ1) is 17.2. The highest BCUT2D eigenvalue weighted by molar-refractivity contribution is 7.97. The number of rotatable bonds is 7. The van der Waals surface area contributed by atoms with Gasteiger partial charge in [0, 0.05) is 40.1 Å². The molecule has 35 heavy (non-hydrogen) atoms. The number of hydrogen-bond donors (Lipinski definition) is 0. The monoisotopic (exact) mass is 473 g/mol. The molecule has 1 radical (unpaired) electrons. The van der Waals surface area contributed by atoms with Crippen molar-refractivity contribution < 1.29 is 4.92 Å². The van der Waals surface area contributed by atoms with Crippen LogP contribution in [0.15, 0.2) is 132 Å². The van der Waals surface area contributed by atoms with Crippen LogP contribution < -0.4 is 4.72 Å². The lowest BCUT2D eigenvalue weighted by atomic mass is 9.91. The van der Waals surface area contributed by atoms with Crippen LogP contribution in [0, 0.1) is 10.1 Å². The van der Waals surface area contributed by atoms with Crippen LogP contribution in [0.2, 0.25) is 0 Å². The molecule has 0 unspecified atom stereocenters. The highest BCUT2D eigenvalue weighted by atomic mass is 32.2. The topological polar surface area (TPSA) is 57.2 Å². The summed E-state index contributed by atoms with van der Waals surface area (Å²) in [5.74, 6) is 0. The highest BCUT2D eigenvalue weighted by Crippen LogP contribution is 2.43. The second kappa shape index (κ2) is 10.3. The van der Waals surface area contributed by atoms with Crippen LogP contribution in [0.1, 0.15) is 0 Å². The SMILES string of the molecule is O=[N+]([O-])c1ccc(S[N]c2c(-c3ccccc3)cc(-c3ccccc3)cc2-c2ccccc2)cc1. The van der Waals surface area contributed by atoms with Crippen LogP contribution in [0.25, 0.3) is 33.4 Å². The van der Waals surface area contributed by atoms with E-state index in [0.29, 0.717) is 0 Å². The summed E-state index contributed by atoms with van der Waals surface area (Å²) in [4.78, 5) is 11.5. The normalized spacial score (nSPS) is 10.6. The first-order valence-corrected chi connectivity index (χ1v) is 11.9. The van der Waals surface area contributed by atoms with E-state index in [-0.39, 0.29) is 5.69 Å². The van der Waals surface area contributed by atoms with Crippen molar-refractivity contribution in [1.29, 1.82) is 0 Å². The fraction of sp³-hybridized carbons (Fsp3) is 0. The van der Waals surface area contributed by atoms with Crippen molar-refractivity contribution in [2.45, 2.75) is 4.90 Å². The van der Waals surface area contributed by atoms with E-state index in [1.54, 1.807) is 12.1 Å². The summed E-state index contributed by atoms with van der Waals surface area (Å²) in [5, 5.41) is 11.0. The van der Waals surface area contributed by atoms with Crippen molar-refractivity contribution >= 4 is 23.3 Å². The zero-order valence-electron chi connectivity index (χ0n) is 18.7. The highest BCUT2D eigenvalue weighted by Gasteiger charge is 2.17. The molecule has 4 nitrogen and oxygen atoms in total. The first-order valence-electron chi connectivity index (χ1n) is 11.2. The number of nitrogens with zero attached hydrogens (tertiary/aromatic N) is 2. The van der Waals surface area contributed by atoms with Gasteiger partial charge in [-0.2, -0.15) is 0 Å². The molecule has 0 saturated heterocycles. The molecule has 5 rings (SSSR count). The third-order valence-corrected chi connectivity index (χ3v) is 6.43. The van der Waals surface area contributed by atoms with Crippen molar-refractivity contribution in [3.8, 4) is 33.4 Å². The zero-order chi connectivity index (χ0) is 24.0. The van der Waals surface area contributed by atoms with Gasteiger partial charge < -0.3 is 0 Å². The molecule has 0 bridgehead atoms. The summed E-state index contributed by atoms with van der Waals surface area (Å²) in [6.07, 6.45) is 0. The van der Waals surface area contributed by atoms with Crippen LogP contribution in [-0.4, -0.2) is 4.92 Å². The number of non-ortho nitro benzene ring substituents is 1.